The molecule has 3 nitrogen and oxygen atoms in total. The van der Waals surface area contributed by atoms with Crippen LogP contribution in [0.3, 0.4) is 0 Å². The molecular weight excluding hydrogens is 234 g/mol. The van der Waals surface area contributed by atoms with Crippen LogP contribution in [0.2, 0.25) is 0 Å². The number of aliphatic hydroxyl groups is 1. The van der Waals surface area contributed by atoms with Crippen LogP contribution >= 0.6 is 11.8 Å². The highest BCUT2D eigenvalue weighted by Gasteiger charge is 2.32. The summed E-state index contributed by atoms with van der Waals surface area (Å²) >= 11 is 1.36. The van der Waals surface area contributed by atoms with Gasteiger partial charge < -0.3 is 5.11 Å². The molecule has 0 amide bonds. The van der Waals surface area contributed by atoms with E-state index < -0.39 is 18.4 Å². The quantitative estimate of drug-likeness (QED) is 0.641. The summed E-state index contributed by atoms with van der Waals surface area (Å²) in [5, 5.41) is 10.3. The van der Waals surface area contributed by atoms with Crippen LogP contribution in [0.5, 0.6) is 0 Å². The number of alkyl halides is 2. The number of aliphatic hydroxyl groups excluding tert-OH is 1. The summed E-state index contributed by atoms with van der Waals surface area (Å²) in [5.74, 6) is -0.799. The Morgan fingerprint density at radius 1 is 1.56 bits per heavy atom. The summed E-state index contributed by atoms with van der Waals surface area (Å²) in [6, 6.07) is 0. The summed E-state index contributed by atoms with van der Waals surface area (Å²) in [6.07, 6.45) is 0.410. The van der Waals surface area contributed by atoms with Crippen LogP contribution in [0.25, 0.3) is 0 Å². The van der Waals surface area contributed by atoms with Crippen LogP contribution in [-0.4, -0.2) is 27.8 Å². The van der Waals surface area contributed by atoms with E-state index in [1.807, 2.05) is 6.26 Å². The van der Waals surface area contributed by atoms with Crippen molar-refractivity contribution in [3.63, 3.8) is 0 Å². The second-order valence-electron chi connectivity index (χ2n) is 3.81. The van der Waals surface area contributed by atoms with Gasteiger partial charge in [-0.1, -0.05) is 11.8 Å². The minimum Gasteiger partial charge on any atom is -0.388 e. The summed E-state index contributed by atoms with van der Waals surface area (Å²) < 4.78 is 25.2. The van der Waals surface area contributed by atoms with Crippen molar-refractivity contribution in [2.24, 2.45) is 5.92 Å². The Hall–Kier alpha value is -0.750. The average molecular weight is 246 g/mol. The van der Waals surface area contributed by atoms with Crippen LogP contribution in [-0.2, 0) is 6.42 Å². The van der Waals surface area contributed by atoms with E-state index in [4.69, 9.17) is 0 Å². The van der Waals surface area contributed by atoms with Crippen molar-refractivity contribution < 1.29 is 13.9 Å². The number of thioether (sulfide) groups is 1. The van der Waals surface area contributed by atoms with Gasteiger partial charge in [0.05, 0.1) is 11.8 Å². The first-order chi connectivity index (χ1) is 7.61. The van der Waals surface area contributed by atoms with Crippen LogP contribution in [0.1, 0.15) is 23.8 Å². The molecule has 1 heterocycles. The van der Waals surface area contributed by atoms with Gasteiger partial charge in [-0.2, -0.15) is 0 Å². The molecule has 1 aromatic rings. The highest BCUT2D eigenvalue weighted by Crippen LogP contribution is 2.35. The van der Waals surface area contributed by atoms with Gasteiger partial charge in [0.15, 0.2) is 5.16 Å². The van der Waals surface area contributed by atoms with Gasteiger partial charge in [-0.25, -0.2) is 18.7 Å². The van der Waals surface area contributed by atoms with Gasteiger partial charge in [0.25, 0.3) is 0 Å². The molecule has 2 atom stereocenters. The second-order valence-corrected chi connectivity index (χ2v) is 4.58. The number of rotatable bonds is 2. The third-order valence-electron chi connectivity index (χ3n) is 2.76. The van der Waals surface area contributed by atoms with Crippen molar-refractivity contribution in [2.75, 3.05) is 6.26 Å². The van der Waals surface area contributed by atoms with Crippen LogP contribution < -0.4 is 0 Å². The predicted molar refractivity (Wildman–Crippen MR) is 56.6 cm³/mol. The maximum atomic E-state index is 12.6. The second kappa shape index (κ2) is 4.63. The first-order valence-corrected chi connectivity index (χ1v) is 6.20. The average Bonchev–Trinajstić information content (AvgIpc) is 2.28. The lowest BCUT2D eigenvalue weighted by molar-refractivity contribution is 0.0288. The number of aromatic nitrogens is 2. The van der Waals surface area contributed by atoms with E-state index >= 15 is 0 Å². The molecule has 2 rings (SSSR count). The van der Waals surface area contributed by atoms with Crippen molar-refractivity contribution in [3.8, 4) is 0 Å². The Morgan fingerprint density at radius 2 is 2.31 bits per heavy atom. The molecule has 0 saturated carbocycles. The van der Waals surface area contributed by atoms with Crippen LogP contribution in [0, 0.1) is 5.92 Å². The number of hydrogen-bond acceptors (Lipinski definition) is 4. The largest absolute Gasteiger partial charge is 0.388 e. The van der Waals surface area contributed by atoms with Crippen molar-refractivity contribution in [3.05, 3.63) is 17.5 Å². The van der Waals surface area contributed by atoms with Gasteiger partial charge in [-0.15, -0.1) is 0 Å². The molecule has 1 aromatic heterocycles. The molecule has 1 aliphatic rings. The lowest BCUT2D eigenvalue weighted by Crippen LogP contribution is -2.25. The standard InChI is InChI=1S/C10H12F2N2OS/c1-16-10-13-4-6-7(14-10)2-5(9(11)12)3-8(6)15/h4-5,8-9,15H,2-3H2,1H3/t5-,8+/m1/s1. The minimum absolute atomic E-state index is 0.0899. The smallest absolute Gasteiger partial charge is 0.241 e. The Labute approximate surface area is 96.3 Å². The molecule has 1 aliphatic carbocycles. The maximum Gasteiger partial charge on any atom is 0.241 e. The number of hydrogen-bond donors (Lipinski definition) is 1. The molecule has 16 heavy (non-hydrogen) atoms. The molecule has 1 N–H and O–H groups in total. The Morgan fingerprint density at radius 3 is 2.94 bits per heavy atom. The fourth-order valence-corrected chi connectivity index (χ4v) is 2.25. The first kappa shape index (κ1) is 11.7. The van der Waals surface area contributed by atoms with Crippen molar-refractivity contribution >= 4 is 11.8 Å². The zero-order valence-corrected chi connectivity index (χ0v) is 9.55. The van der Waals surface area contributed by atoms with Crippen molar-refractivity contribution in [2.45, 2.75) is 30.5 Å². The van der Waals surface area contributed by atoms with Crippen LogP contribution in [0.4, 0.5) is 8.78 Å². The minimum atomic E-state index is -2.41. The monoisotopic (exact) mass is 246 g/mol. The molecule has 0 aromatic carbocycles. The Balaban J connectivity index is 2.31. The van der Waals surface area contributed by atoms with Gasteiger partial charge in [-0.05, 0) is 19.1 Å². The summed E-state index contributed by atoms with van der Waals surface area (Å²) in [4.78, 5) is 8.21. The van der Waals surface area contributed by atoms with Gasteiger partial charge >= 0.3 is 0 Å². The molecule has 0 radical (unpaired) electrons. The van der Waals surface area contributed by atoms with Gasteiger partial charge in [-0.3, -0.25) is 0 Å². The molecule has 88 valence electrons. The Bertz CT molecular complexity index is 389. The zero-order chi connectivity index (χ0) is 11.7. The van der Waals surface area contributed by atoms with Crippen molar-refractivity contribution in [1.29, 1.82) is 0 Å². The van der Waals surface area contributed by atoms with Crippen molar-refractivity contribution in [1.82, 2.24) is 9.97 Å². The third-order valence-corrected chi connectivity index (χ3v) is 3.32. The highest BCUT2D eigenvalue weighted by molar-refractivity contribution is 7.98. The van der Waals surface area contributed by atoms with Gasteiger partial charge in [0.1, 0.15) is 0 Å². The molecule has 0 spiro atoms. The van der Waals surface area contributed by atoms with Gasteiger partial charge in [0.2, 0.25) is 6.43 Å². The molecule has 0 aliphatic heterocycles. The Kier molecular flexibility index (Phi) is 3.39. The topological polar surface area (TPSA) is 46.0 Å². The summed E-state index contributed by atoms with van der Waals surface area (Å²) in [7, 11) is 0. The number of nitrogens with zero attached hydrogens (tertiary/aromatic N) is 2. The summed E-state index contributed by atoms with van der Waals surface area (Å²) in [6.45, 7) is 0. The highest BCUT2D eigenvalue weighted by atomic mass is 32.2. The SMILES string of the molecule is CSc1ncc2c(n1)C[C@@H](C(F)F)C[C@@H]2O. The fraction of sp³-hybridized carbons (Fsp3) is 0.600. The molecule has 0 unspecified atom stereocenters. The third kappa shape index (κ3) is 2.17. The zero-order valence-electron chi connectivity index (χ0n) is 8.73. The molecule has 0 bridgehead atoms. The van der Waals surface area contributed by atoms with E-state index in [-0.39, 0.29) is 12.8 Å². The molecule has 0 fully saturated rings. The predicted octanol–water partition coefficient (Wildman–Crippen LogP) is 2.06. The normalized spacial score (nSPS) is 24.6. The van der Waals surface area contributed by atoms with Crippen LogP contribution in [0.15, 0.2) is 11.4 Å². The van der Waals surface area contributed by atoms with E-state index in [1.165, 1.54) is 11.8 Å². The number of fused-ring (bicyclic) bond motifs is 1. The van der Waals surface area contributed by atoms with E-state index in [0.717, 1.165) is 0 Å². The maximum absolute atomic E-state index is 12.6. The fourth-order valence-electron chi connectivity index (χ4n) is 1.89. The van der Waals surface area contributed by atoms with E-state index in [0.29, 0.717) is 16.4 Å². The molecular formula is C10H12F2N2OS. The molecule has 0 saturated heterocycles. The lowest BCUT2D eigenvalue weighted by atomic mass is 9.86. The molecule has 6 heteroatoms. The number of halogens is 2. The van der Waals surface area contributed by atoms with E-state index in [1.54, 1.807) is 6.20 Å². The van der Waals surface area contributed by atoms with Gasteiger partial charge in [0, 0.05) is 17.7 Å². The lowest BCUT2D eigenvalue weighted by Gasteiger charge is -2.27. The first-order valence-electron chi connectivity index (χ1n) is 4.98. The summed E-state index contributed by atoms with van der Waals surface area (Å²) in [5.41, 5.74) is 1.15. The van der Waals surface area contributed by atoms with E-state index in [2.05, 4.69) is 9.97 Å². The van der Waals surface area contributed by atoms with E-state index in [9.17, 15) is 13.9 Å².